The summed E-state index contributed by atoms with van der Waals surface area (Å²) in [5.41, 5.74) is 9.50. The van der Waals surface area contributed by atoms with Crippen molar-refractivity contribution in [3.05, 3.63) is 120 Å². The van der Waals surface area contributed by atoms with Crippen molar-refractivity contribution in [3.63, 3.8) is 0 Å². The summed E-state index contributed by atoms with van der Waals surface area (Å²) in [6.45, 7) is 6.89. The molecular weight excluding hydrogens is 805 g/mol. The molecule has 62 heavy (non-hydrogen) atoms. The van der Waals surface area contributed by atoms with Gasteiger partial charge >= 0.3 is 10.3 Å². The Labute approximate surface area is 359 Å². The summed E-state index contributed by atoms with van der Waals surface area (Å²) in [7, 11) is -4.03. The van der Waals surface area contributed by atoms with E-state index in [-0.39, 0.29) is 30.7 Å². The summed E-state index contributed by atoms with van der Waals surface area (Å²) in [5.74, 6) is 1.88. The highest BCUT2D eigenvalue weighted by molar-refractivity contribution is 7.84. The Bertz CT molecular complexity index is 2980. The Balaban J connectivity index is 0.000000158. The van der Waals surface area contributed by atoms with Gasteiger partial charge in [-0.2, -0.15) is 8.42 Å². The van der Waals surface area contributed by atoms with Crippen LogP contribution in [-0.2, 0) is 27.3 Å². The molecule has 320 valence electrons. The van der Waals surface area contributed by atoms with Crippen LogP contribution in [0.4, 0.5) is 11.6 Å². The number of nitrogens with zero attached hydrogens (tertiary/aromatic N) is 8. The highest BCUT2D eigenvalue weighted by Crippen LogP contribution is 2.39. The maximum absolute atomic E-state index is 11.1. The number of benzene rings is 2. The summed E-state index contributed by atoms with van der Waals surface area (Å²) in [5, 5.41) is 24.6. The lowest BCUT2D eigenvalue weighted by Gasteiger charge is -2.16. The van der Waals surface area contributed by atoms with Gasteiger partial charge in [0.1, 0.15) is 23.3 Å². The minimum atomic E-state index is -4.03. The van der Waals surface area contributed by atoms with Crippen LogP contribution in [0, 0.1) is 12.8 Å². The number of imidazole rings is 1. The molecule has 0 spiro atoms. The molecule has 6 N–H and O–H groups in total. The summed E-state index contributed by atoms with van der Waals surface area (Å²) >= 11 is 0. The van der Waals surface area contributed by atoms with Gasteiger partial charge < -0.3 is 29.9 Å². The number of fused-ring (bicyclic) bond motifs is 4. The molecule has 0 bridgehead atoms. The third kappa shape index (κ3) is 8.61. The summed E-state index contributed by atoms with van der Waals surface area (Å²) in [6, 6.07) is 21.3. The number of anilines is 2. The normalized spacial score (nSPS) is 18.7. The van der Waals surface area contributed by atoms with Gasteiger partial charge in [-0.3, -0.25) is 9.17 Å². The quantitative estimate of drug-likeness (QED) is 0.0842. The predicted molar refractivity (Wildman–Crippen MR) is 240 cm³/mol. The average Bonchev–Trinajstić information content (AvgIpc) is 4.11. The summed E-state index contributed by atoms with van der Waals surface area (Å²) < 4.78 is 31.0. The third-order valence-electron chi connectivity index (χ3n) is 11.9. The maximum Gasteiger partial charge on any atom is 0.333 e. The minimum Gasteiger partial charge on any atom is -0.393 e. The van der Waals surface area contributed by atoms with Crippen molar-refractivity contribution in [1.29, 1.82) is 0 Å². The second-order valence-corrected chi connectivity index (χ2v) is 17.7. The van der Waals surface area contributed by atoms with Crippen LogP contribution in [0.2, 0.25) is 0 Å². The van der Waals surface area contributed by atoms with Crippen LogP contribution < -0.4 is 15.8 Å². The fraction of sp³-hybridized carbons (Fsp3) is 0.333. The van der Waals surface area contributed by atoms with Gasteiger partial charge in [0.2, 0.25) is 0 Å². The van der Waals surface area contributed by atoms with Gasteiger partial charge in [0, 0.05) is 65.8 Å². The van der Waals surface area contributed by atoms with E-state index in [1.165, 1.54) is 22.1 Å². The smallest absolute Gasteiger partial charge is 0.333 e. The number of aryl methyl sites for hydroxylation is 2. The second-order valence-electron chi connectivity index (χ2n) is 16.4. The first-order valence-electron chi connectivity index (χ1n) is 21.0. The van der Waals surface area contributed by atoms with Crippen molar-refractivity contribution in [2.45, 2.75) is 77.1 Å². The number of aromatic nitrogens is 9. The topological polar surface area (TPSA) is 217 Å². The van der Waals surface area contributed by atoms with Gasteiger partial charge in [-0.1, -0.05) is 42.5 Å². The summed E-state index contributed by atoms with van der Waals surface area (Å²) in [4.78, 5) is 30.9. The summed E-state index contributed by atoms with van der Waals surface area (Å²) in [6.07, 6.45) is 14.4. The van der Waals surface area contributed by atoms with Crippen LogP contribution in [-0.4, -0.2) is 76.8 Å². The number of aromatic amines is 1. The van der Waals surface area contributed by atoms with Crippen molar-refractivity contribution in [1.82, 2.24) is 44.0 Å². The van der Waals surface area contributed by atoms with Gasteiger partial charge in [-0.25, -0.2) is 30.1 Å². The van der Waals surface area contributed by atoms with Crippen LogP contribution in [0.1, 0.15) is 73.5 Å². The van der Waals surface area contributed by atoms with Crippen LogP contribution >= 0.6 is 0 Å². The number of hydrogen-bond acceptors (Lipinski definition) is 12. The Hall–Kier alpha value is -6.27. The van der Waals surface area contributed by atoms with E-state index in [0.717, 1.165) is 76.3 Å². The van der Waals surface area contributed by atoms with Crippen molar-refractivity contribution < 1.29 is 17.7 Å². The molecule has 0 aliphatic heterocycles. The molecule has 6 heterocycles. The van der Waals surface area contributed by atoms with E-state index >= 15 is 0 Å². The number of para-hydroxylation sites is 1. The molecule has 2 aromatic carbocycles. The van der Waals surface area contributed by atoms with Crippen LogP contribution in [0.15, 0.2) is 98.1 Å². The maximum atomic E-state index is 11.1. The number of nitrogens with one attached hydrogen (secondary N) is 3. The monoisotopic (exact) mass is 854 g/mol. The van der Waals surface area contributed by atoms with Crippen LogP contribution in [0.5, 0.6) is 0 Å². The van der Waals surface area contributed by atoms with E-state index in [1.807, 2.05) is 42.3 Å². The predicted octanol–water partition coefficient (Wildman–Crippen LogP) is 6.98. The minimum absolute atomic E-state index is 0.0171. The van der Waals surface area contributed by atoms with Crippen molar-refractivity contribution in [3.8, 4) is 11.4 Å². The Kier molecular flexibility index (Phi) is 11.4. The number of aliphatic hydroxyl groups is 1. The first-order chi connectivity index (χ1) is 30.0. The molecule has 4 atom stereocenters. The fourth-order valence-electron chi connectivity index (χ4n) is 8.79. The molecule has 8 aromatic rings. The number of hydrogen-bond donors (Lipinski definition) is 5. The molecule has 17 heteroatoms. The number of rotatable bonds is 12. The number of pyridine rings is 1. The number of aliphatic hydroxyl groups excluding tert-OH is 1. The Morgan fingerprint density at radius 1 is 0.984 bits per heavy atom. The molecule has 6 aromatic heterocycles. The van der Waals surface area contributed by atoms with Crippen molar-refractivity contribution in [2.24, 2.45) is 11.1 Å². The lowest BCUT2D eigenvalue weighted by molar-refractivity contribution is 0.100. The Morgan fingerprint density at radius 2 is 1.82 bits per heavy atom. The highest BCUT2D eigenvalue weighted by Gasteiger charge is 2.36. The van der Waals surface area contributed by atoms with Gasteiger partial charge in [-0.15, -0.1) is 0 Å². The van der Waals surface area contributed by atoms with Gasteiger partial charge in [-0.05, 0) is 93.3 Å². The lowest BCUT2D eigenvalue weighted by Crippen LogP contribution is -2.24. The molecule has 2 aliphatic carbocycles. The van der Waals surface area contributed by atoms with Crippen LogP contribution in [0.3, 0.4) is 0 Å². The lowest BCUT2D eigenvalue weighted by atomic mass is 10.1. The molecule has 0 saturated heterocycles. The number of H-pyrrole nitrogens is 1. The molecule has 2 aliphatic rings. The third-order valence-corrected chi connectivity index (χ3v) is 12.4. The fourth-order valence-corrected chi connectivity index (χ4v) is 9.16. The zero-order valence-electron chi connectivity index (χ0n) is 34.8. The average molecular weight is 855 g/mol. The highest BCUT2D eigenvalue weighted by atomic mass is 32.2. The number of nitrogens with two attached hydrogens (primary N) is 1. The van der Waals surface area contributed by atoms with Gasteiger partial charge in [0.15, 0.2) is 17.3 Å². The molecule has 4 unspecified atom stereocenters. The van der Waals surface area contributed by atoms with Crippen molar-refractivity contribution in [2.75, 3.05) is 23.8 Å². The largest absolute Gasteiger partial charge is 0.393 e. The molecule has 1 fully saturated rings. The molecule has 0 amide bonds. The van der Waals surface area contributed by atoms with E-state index in [9.17, 15) is 13.5 Å². The molecule has 16 nitrogen and oxygen atoms in total. The van der Waals surface area contributed by atoms with E-state index in [4.69, 9.17) is 19.3 Å². The van der Waals surface area contributed by atoms with Crippen LogP contribution in [0.25, 0.3) is 44.5 Å². The molecular formula is C45H50N12O4S. The van der Waals surface area contributed by atoms with E-state index in [2.05, 4.69) is 109 Å². The zero-order chi connectivity index (χ0) is 43.0. The SMILES string of the molecule is Cc1cncc(-c2nc(NCCc3c[nH]c4ccccc34)c3ncn(C(C)C)c3n2)c1.NS(=O)(=O)OCC1CC(n2ccc3c(NC4CCc5ccccc54)ncnc32)CC1O. The van der Waals surface area contributed by atoms with Gasteiger partial charge in [0.05, 0.1) is 30.5 Å². The van der Waals surface area contributed by atoms with E-state index < -0.39 is 16.4 Å². The van der Waals surface area contributed by atoms with Crippen molar-refractivity contribution >= 4 is 55.0 Å². The molecule has 1 saturated carbocycles. The van der Waals surface area contributed by atoms with Gasteiger partial charge in [0.25, 0.3) is 0 Å². The Morgan fingerprint density at radius 3 is 2.66 bits per heavy atom. The standard InChI is InChI=1S/C24H25N7.C21H25N5O4S/c1-15(2)31-14-28-21-23(26-9-8-17-13-27-20-7-5-4-6-19(17)20)29-22(30-24(21)31)18-10-16(3)11-25-12-18;22-31(28,29)30-11-14-9-15(10-19(14)27)26-8-7-17-20(23-12-24-21(17)26)25-18-6-5-13-3-1-2-4-16(13)18/h4-7,10-15,27H,8-9H2,1-3H3,(H,26,29,30);1-4,7-8,12,14-15,18-19,27H,5-6,9-11H2,(H2,22,28,29)(H,23,24,25). The molecule has 10 rings (SSSR count). The first kappa shape index (κ1) is 41.1. The van der Waals surface area contributed by atoms with E-state index in [0.29, 0.717) is 18.7 Å². The van der Waals surface area contributed by atoms with E-state index in [1.54, 1.807) is 12.5 Å². The molecule has 0 radical (unpaired) electrons. The zero-order valence-corrected chi connectivity index (χ0v) is 35.6. The first-order valence-corrected chi connectivity index (χ1v) is 22.4. The second kappa shape index (κ2) is 17.2.